The maximum atomic E-state index is 5.13. The van der Waals surface area contributed by atoms with Gasteiger partial charge >= 0.3 is 0 Å². The Morgan fingerprint density at radius 3 is 1.92 bits per heavy atom. The minimum absolute atomic E-state index is 0.875. The predicted octanol–water partition coefficient (Wildman–Crippen LogP) is 0.569. The van der Waals surface area contributed by atoms with E-state index in [9.17, 15) is 0 Å². The lowest BCUT2D eigenvalue weighted by atomic mass is 10.2. The van der Waals surface area contributed by atoms with Gasteiger partial charge in [-0.25, -0.2) is 0 Å². The van der Waals surface area contributed by atoms with Gasteiger partial charge in [0, 0.05) is 16.3 Å². The molecule has 0 aliphatic heterocycles. The average Bonchev–Trinajstić information content (AvgIpc) is 2.16. The lowest BCUT2D eigenvalue weighted by Crippen LogP contribution is -1.91. The third kappa shape index (κ3) is 2.01. The molecule has 0 bridgehead atoms. The van der Waals surface area contributed by atoms with Crippen LogP contribution in [0.1, 0.15) is 5.56 Å². The molecule has 0 atom stereocenters. The molecule has 0 heterocycles. The first-order valence-electron chi connectivity index (χ1n) is 4.02. The van der Waals surface area contributed by atoms with Gasteiger partial charge in [-0.2, -0.15) is 0 Å². The van der Waals surface area contributed by atoms with Crippen molar-refractivity contribution >= 4 is 10.2 Å². The van der Waals surface area contributed by atoms with Crippen molar-refractivity contribution in [2.45, 2.75) is 6.04 Å². The van der Waals surface area contributed by atoms with Gasteiger partial charge in [-0.05, 0) is 23.7 Å². The van der Waals surface area contributed by atoms with Gasteiger partial charge in [-0.15, -0.1) is 0 Å². The highest BCUT2D eigenvalue weighted by Crippen LogP contribution is 2.21. The number of hydrogen-bond donors (Lipinski definition) is 0. The van der Waals surface area contributed by atoms with Crippen LogP contribution in [0, 0.1) is 0 Å². The highest BCUT2D eigenvalue weighted by Gasteiger charge is 1.98. The van der Waals surface area contributed by atoms with Gasteiger partial charge in [0.2, 0.25) is 0 Å². The van der Waals surface area contributed by atoms with E-state index in [2.05, 4.69) is 12.1 Å². The summed E-state index contributed by atoms with van der Waals surface area (Å²) in [6.07, 6.45) is 0. The van der Waals surface area contributed by atoms with Crippen molar-refractivity contribution in [2.75, 3.05) is 14.2 Å². The van der Waals surface area contributed by atoms with Crippen LogP contribution in [-0.2, 0) is 6.04 Å². The number of rotatable bonds is 3. The van der Waals surface area contributed by atoms with Crippen LogP contribution in [0.15, 0.2) is 18.2 Å². The van der Waals surface area contributed by atoms with Crippen LogP contribution in [0.25, 0.3) is 0 Å². The summed E-state index contributed by atoms with van der Waals surface area (Å²) in [7, 11) is 4.51. The van der Waals surface area contributed by atoms with Gasteiger partial charge in [0.05, 0.1) is 14.2 Å². The first kappa shape index (κ1) is 9.13. The van der Waals surface area contributed by atoms with E-state index < -0.39 is 0 Å². The van der Waals surface area contributed by atoms with Crippen molar-refractivity contribution in [2.24, 2.45) is 0 Å². The molecule has 2 nitrogen and oxygen atoms in total. The summed E-state index contributed by atoms with van der Waals surface area (Å²) in [6.45, 7) is 0. The maximum absolute atomic E-state index is 5.13. The molecule has 0 amide bonds. The Bertz CT molecular complexity index is 205. The molecule has 0 N–H and O–H groups in total. The van der Waals surface area contributed by atoms with Gasteiger partial charge in [0.1, 0.15) is 11.5 Å². The smallest absolute Gasteiger partial charge is 0.122 e. The molecule has 0 unspecified atom stereocenters. The zero-order chi connectivity index (χ0) is 8.97. The summed E-state index contributed by atoms with van der Waals surface area (Å²) in [5.41, 5.74) is 1.29. The van der Waals surface area contributed by atoms with E-state index in [0.717, 1.165) is 17.5 Å². The Kier molecular flexibility index (Phi) is 3.16. The lowest BCUT2D eigenvalue weighted by Gasteiger charge is -2.06. The second-order valence-corrected chi connectivity index (χ2v) is 3.28. The molecule has 12 heavy (non-hydrogen) atoms. The van der Waals surface area contributed by atoms with Crippen LogP contribution < -0.4 is 9.47 Å². The summed E-state index contributed by atoms with van der Waals surface area (Å²) in [5.74, 6) is 1.75. The van der Waals surface area contributed by atoms with Crippen molar-refractivity contribution < 1.29 is 9.47 Å². The summed E-state index contributed by atoms with van der Waals surface area (Å²) in [4.78, 5) is 0. The van der Waals surface area contributed by atoms with Gasteiger partial charge in [0.15, 0.2) is 0 Å². The van der Waals surface area contributed by atoms with Crippen LogP contribution >= 0.6 is 0 Å². The maximum Gasteiger partial charge on any atom is 0.122 e. The van der Waals surface area contributed by atoms with Crippen LogP contribution in [0.2, 0.25) is 0 Å². The predicted molar refractivity (Wildman–Crippen MR) is 53.2 cm³/mol. The second kappa shape index (κ2) is 4.16. The monoisotopic (exact) mass is 182 g/mol. The van der Waals surface area contributed by atoms with Crippen molar-refractivity contribution in [3.05, 3.63) is 23.8 Å². The molecule has 0 aromatic heterocycles. The zero-order valence-corrected chi connectivity index (χ0v) is 9.76. The normalized spacial score (nSPS) is 9.83. The molecule has 1 aromatic rings. The van der Waals surface area contributed by atoms with E-state index in [4.69, 9.17) is 9.47 Å². The van der Waals surface area contributed by atoms with Gasteiger partial charge in [0.25, 0.3) is 0 Å². The number of methoxy groups -OCH3 is 2. The number of benzene rings is 1. The zero-order valence-electron chi connectivity index (χ0n) is 7.76. The van der Waals surface area contributed by atoms with E-state index in [0.29, 0.717) is 0 Å². The Balaban J connectivity index is 3.01. The molecule has 1 aromatic carbocycles. The quantitative estimate of drug-likeness (QED) is 0.636. The van der Waals surface area contributed by atoms with Crippen LogP contribution in [0.5, 0.6) is 11.5 Å². The average molecular weight is 182 g/mol. The number of ether oxygens (including phenoxy) is 2. The second-order valence-electron chi connectivity index (χ2n) is 2.57. The summed E-state index contributed by atoms with van der Waals surface area (Å²) < 4.78 is 10.3. The SMILES string of the molecule is COc1cc(C[SiH3])cc(OC)c1. The molecule has 0 fully saturated rings. The first-order valence-corrected chi connectivity index (χ1v) is 5.43. The van der Waals surface area contributed by atoms with Crippen LogP contribution in [0.4, 0.5) is 0 Å². The Labute approximate surface area is 75.9 Å². The highest BCUT2D eigenvalue weighted by molar-refractivity contribution is 6.08. The Morgan fingerprint density at radius 1 is 1.08 bits per heavy atom. The van der Waals surface area contributed by atoms with E-state index in [1.165, 1.54) is 15.8 Å². The Hall–Kier alpha value is -0.963. The van der Waals surface area contributed by atoms with Crippen molar-refractivity contribution in [1.82, 2.24) is 0 Å². The molecule has 66 valence electrons. The fourth-order valence-corrected chi connectivity index (χ4v) is 1.48. The standard InChI is InChI=1S/C9H14O2Si/c1-10-8-3-7(6-12)4-9(5-8)11-2/h3-5H,6H2,1-2,12H3. The fraction of sp³-hybridized carbons (Fsp3) is 0.333. The number of hydrogen-bond acceptors (Lipinski definition) is 2. The topological polar surface area (TPSA) is 18.5 Å². The molecule has 0 aliphatic carbocycles. The molecular weight excluding hydrogens is 168 g/mol. The lowest BCUT2D eigenvalue weighted by molar-refractivity contribution is 0.393. The van der Waals surface area contributed by atoms with E-state index in [-0.39, 0.29) is 0 Å². The molecular formula is C9H14O2Si. The molecule has 0 saturated carbocycles. The molecule has 0 radical (unpaired) electrons. The van der Waals surface area contributed by atoms with E-state index in [1.807, 2.05) is 6.07 Å². The van der Waals surface area contributed by atoms with E-state index in [1.54, 1.807) is 14.2 Å². The summed E-state index contributed by atoms with van der Waals surface area (Å²) in [5, 5.41) is 0. The minimum Gasteiger partial charge on any atom is -0.497 e. The third-order valence-electron chi connectivity index (χ3n) is 1.82. The van der Waals surface area contributed by atoms with Crippen LogP contribution in [0.3, 0.4) is 0 Å². The molecule has 0 aliphatic rings. The molecule has 1 rings (SSSR count). The molecule has 3 heteroatoms. The van der Waals surface area contributed by atoms with Gasteiger partial charge in [-0.1, -0.05) is 0 Å². The largest absolute Gasteiger partial charge is 0.497 e. The third-order valence-corrected chi connectivity index (χ3v) is 2.64. The minimum atomic E-state index is 0.875. The summed E-state index contributed by atoms with van der Waals surface area (Å²) in [6, 6.07) is 7.12. The van der Waals surface area contributed by atoms with E-state index >= 15 is 0 Å². The van der Waals surface area contributed by atoms with Crippen LogP contribution in [-0.4, -0.2) is 24.5 Å². The van der Waals surface area contributed by atoms with Crippen molar-refractivity contribution in [3.8, 4) is 11.5 Å². The van der Waals surface area contributed by atoms with Crippen molar-refractivity contribution in [3.63, 3.8) is 0 Å². The fourth-order valence-electron chi connectivity index (χ4n) is 1.07. The van der Waals surface area contributed by atoms with Gasteiger partial charge in [-0.3, -0.25) is 0 Å². The van der Waals surface area contributed by atoms with Gasteiger partial charge < -0.3 is 9.47 Å². The first-order chi connectivity index (χ1) is 5.80. The highest BCUT2D eigenvalue weighted by atomic mass is 28.1. The summed E-state index contributed by atoms with van der Waals surface area (Å²) >= 11 is 0. The molecule has 0 spiro atoms. The Morgan fingerprint density at radius 2 is 1.58 bits per heavy atom. The van der Waals surface area contributed by atoms with Crippen molar-refractivity contribution in [1.29, 1.82) is 0 Å². The molecule has 0 saturated heterocycles.